The molecule has 0 heterocycles. The van der Waals surface area contributed by atoms with E-state index in [2.05, 4.69) is 4.74 Å². The number of halogens is 2. The summed E-state index contributed by atoms with van der Waals surface area (Å²) in [6.45, 7) is 3.46. The Kier molecular flexibility index (Phi) is 6.08. The summed E-state index contributed by atoms with van der Waals surface area (Å²) in [5.41, 5.74) is 0. The van der Waals surface area contributed by atoms with Crippen LogP contribution in [0, 0.1) is 0 Å². The van der Waals surface area contributed by atoms with E-state index in [9.17, 15) is 9.59 Å². The van der Waals surface area contributed by atoms with Crippen LogP contribution in [0.3, 0.4) is 0 Å². The van der Waals surface area contributed by atoms with Crippen molar-refractivity contribution < 1.29 is 19.1 Å². The lowest BCUT2D eigenvalue weighted by Crippen LogP contribution is -2.39. The van der Waals surface area contributed by atoms with Gasteiger partial charge in [-0.1, -0.05) is 23.2 Å². The van der Waals surface area contributed by atoms with E-state index in [0.717, 1.165) is 0 Å². The molecule has 0 bridgehead atoms. The Labute approximate surface area is 92.5 Å². The number of alkyl halides is 2. The molecule has 0 atom stereocenters. The Morgan fingerprint density at radius 3 is 2.21 bits per heavy atom. The Balaban J connectivity index is 4.28. The van der Waals surface area contributed by atoms with E-state index in [0.29, 0.717) is 6.61 Å². The molecule has 0 saturated heterocycles. The van der Waals surface area contributed by atoms with Gasteiger partial charge in [0.05, 0.1) is 6.61 Å². The molecule has 4 nitrogen and oxygen atoms in total. The third-order valence-corrected chi connectivity index (χ3v) is 2.05. The van der Waals surface area contributed by atoms with Gasteiger partial charge in [-0.25, -0.2) is 4.79 Å². The molecular formula is C8H12Cl2O4. The maximum Gasteiger partial charge on any atom is 0.350 e. The molecule has 0 N–H and O–H groups in total. The summed E-state index contributed by atoms with van der Waals surface area (Å²) >= 11 is 11.0. The molecule has 0 fully saturated rings. The van der Waals surface area contributed by atoms with Crippen molar-refractivity contribution in [2.24, 2.45) is 0 Å². The molecule has 0 unspecified atom stereocenters. The first-order valence-electron chi connectivity index (χ1n) is 4.12. The lowest BCUT2D eigenvalue weighted by molar-refractivity contribution is -0.147. The number of hydrogen-bond donors (Lipinski definition) is 0. The van der Waals surface area contributed by atoms with Crippen LogP contribution in [0.5, 0.6) is 0 Å². The highest BCUT2D eigenvalue weighted by atomic mass is 35.5. The summed E-state index contributed by atoms with van der Waals surface area (Å²) in [7, 11) is 0. The SMILES string of the molecule is CCOCC(=O)C(Cl)(Cl)C(=O)OCC. The van der Waals surface area contributed by atoms with E-state index in [1.807, 2.05) is 0 Å². The van der Waals surface area contributed by atoms with Crippen molar-refractivity contribution in [1.29, 1.82) is 0 Å². The largest absolute Gasteiger partial charge is 0.463 e. The van der Waals surface area contributed by atoms with E-state index < -0.39 is 16.1 Å². The summed E-state index contributed by atoms with van der Waals surface area (Å²) in [6, 6.07) is 0. The van der Waals surface area contributed by atoms with Gasteiger partial charge in [0, 0.05) is 6.61 Å². The molecule has 0 amide bonds. The van der Waals surface area contributed by atoms with Crippen LogP contribution < -0.4 is 0 Å². The van der Waals surface area contributed by atoms with E-state index in [1.54, 1.807) is 13.8 Å². The van der Waals surface area contributed by atoms with E-state index in [-0.39, 0.29) is 13.2 Å². The zero-order valence-electron chi connectivity index (χ0n) is 8.01. The van der Waals surface area contributed by atoms with Crippen LogP contribution in [0.1, 0.15) is 13.8 Å². The van der Waals surface area contributed by atoms with Crippen molar-refractivity contribution in [1.82, 2.24) is 0 Å². The second-order valence-corrected chi connectivity index (χ2v) is 3.68. The number of carbonyl (C=O) groups excluding carboxylic acids is 2. The average molecular weight is 243 g/mol. The third kappa shape index (κ3) is 3.82. The highest BCUT2D eigenvalue weighted by molar-refractivity contribution is 6.67. The van der Waals surface area contributed by atoms with Crippen molar-refractivity contribution >= 4 is 35.0 Å². The van der Waals surface area contributed by atoms with Crippen molar-refractivity contribution in [3.63, 3.8) is 0 Å². The van der Waals surface area contributed by atoms with E-state index in [4.69, 9.17) is 27.9 Å². The van der Waals surface area contributed by atoms with Gasteiger partial charge in [-0.2, -0.15) is 0 Å². The van der Waals surface area contributed by atoms with Gasteiger partial charge in [0.1, 0.15) is 6.61 Å². The molecule has 14 heavy (non-hydrogen) atoms. The van der Waals surface area contributed by atoms with Crippen LogP contribution in [-0.4, -0.2) is 35.9 Å². The molecule has 0 aromatic rings. The number of carbonyl (C=O) groups is 2. The molecule has 82 valence electrons. The molecule has 6 heteroatoms. The van der Waals surface area contributed by atoms with E-state index in [1.165, 1.54) is 0 Å². The van der Waals surface area contributed by atoms with Gasteiger partial charge in [-0.3, -0.25) is 4.79 Å². The van der Waals surface area contributed by atoms with Crippen LogP contribution in [0.2, 0.25) is 0 Å². The number of esters is 1. The minimum Gasteiger partial charge on any atom is -0.463 e. The van der Waals surface area contributed by atoms with Crippen LogP contribution >= 0.6 is 23.2 Å². The fourth-order valence-electron chi connectivity index (χ4n) is 0.621. The summed E-state index contributed by atoms with van der Waals surface area (Å²) < 4.78 is 7.15. The zero-order valence-corrected chi connectivity index (χ0v) is 9.52. The summed E-state index contributed by atoms with van der Waals surface area (Å²) in [5, 5.41) is 0. The minimum atomic E-state index is -2.16. The molecule has 0 saturated carbocycles. The maximum absolute atomic E-state index is 11.3. The Morgan fingerprint density at radius 2 is 1.79 bits per heavy atom. The molecule has 0 aliphatic heterocycles. The molecule has 0 radical (unpaired) electrons. The molecule has 0 aliphatic carbocycles. The normalized spacial score (nSPS) is 11.1. The zero-order chi connectivity index (χ0) is 11.2. The standard InChI is InChI=1S/C8H12Cl2O4/c1-3-13-5-6(11)8(9,10)7(12)14-4-2/h3-5H2,1-2H3. The Morgan fingerprint density at radius 1 is 1.21 bits per heavy atom. The monoisotopic (exact) mass is 242 g/mol. The van der Waals surface area contributed by atoms with Gasteiger partial charge >= 0.3 is 5.97 Å². The molecule has 0 aromatic carbocycles. The second-order valence-electron chi connectivity index (χ2n) is 2.36. The first-order valence-corrected chi connectivity index (χ1v) is 4.88. The Hall–Kier alpha value is -0.320. The average Bonchev–Trinajstić information content (AvgIpc) is 2.14. The lowest BCUT2D eigenvalue weighted by atomic mass is 10.3. The van der Waals surface area contributed by atoms with Gasteiger partial charge < -0.3 is 9.47 Å². The third-order valence-electron chi connectivity index (χ3n) is 1.32. The Bertz CT molecular complexity index is 215. The van der Waals surface area contributed by atoms with Crippen LogP contribution in [0.25, 0.3) is 0 Å². The lowest BCUT2D eigenvalue weighted by Gasteiger charge is -2.15. The molecule has 0 spiro atoms. The van der Waals surface area contributed by atoms with Gasteiger partial charge in [0.25, 0.3) is 4.33 Å². The summed E-state index contributed by atoms with van der Waals surface area (Å²) in [5.74, 6) is -1.69. The fourth-order valence-corrected chi connectivity index (χ4v) is 0.839. The topological polar surface area (TPSA) is 52.6 Å². The van der Waals surface area contributed by atoms with Gasteiger partial charge in [0.2, 0.25) is 5.78 Å². The van der Waals surface area contributed by atoms with Gasteiger partial charge in [0.15, 0.2) is 0 Å². The predicted octanol–water partition coefficient (Wildman–Crippen LogP) is 1.33. The number of Topliss-reactive ketones (excluding diaryl/α,β-unsaturated/α-hetero) is 1. The molecular weight excluding hydrogens is 231 g/mol. The molecule has 0 aliphatic rings. The van der Waals surface area contributed by atoms with Crippen molar-refractivity contribution in [3.05, 3.63) is 0 Å². The fraction of sp³-hybridized carbons (Fsp3) is 0.750. The van der Waals surface area contributed by atoms with Gasteiger partial charge in [-0.15, -0.1) is 0 Å². The van der Waals surface area contributed by atoms with Crippen molar-refractivity contribution in [2.75, 3.05) is 19.8 Å². The quantitative estimate of drug-likeness (QED) is 0.401. The highest BCUT2D eigenvalue weighted by Crippen LogP contribution is 2.24. The summed E-state index contributed by atoms with van der Waals surface area (Å²) in [6.07, 6.45) is 0. The molecule has 0 rings (SSSR count). The molecule has 0 aromatic heterocycles. The first kappa shape index (κ1) is 13.7. The summed E-state index contributed by atoms with van der Waals surface area (Å²) in [4.78, 5) is 22.4. The van der Waals surface area contributed by atoms with Gasteiger partial charge in [-0.05, 0) is 13.8 Å². The van der Waals surface area contributed by atoms with Crippen molar-refractivity contribution in [2.45, 2.75) is 18.2 Å². The predicted molar refractivity (Wildman–Crippen MR) is 52.6 cm³/mol. The van der Waals surface area contributed by atoms with Crippen LogP contribution in [0.4, 0.5) is 0 Å². The smallest absolute Gasteiger partial charge is 0.350 e. The second kappa shape index (κ2) is 6.22. The number of ether oxygens (including phenoxy) is 2. The number of ketones is 1. The minimum absolute atomic E-state index is 0.113. The van der Waals surface area contributed by atoms with Crippen molar-refractivity contribution in [3.8, 4) is 0 Å². The highest BCUT2D eigenvalue weighted by Gasteiger charge is 2.43. The maximum atomic E-state index is 11.3. The van der Waals surface area contributed by atoms with Crippen LogP contribution in [-0.2, 0) is 19.1 Å². The van der Waals surface area contributed by atoms with Crippen LogP contribution in [0.15, 0.2) is 0 Å². The first-order chi connectivity index (χ1) is 6.46. The number of rotatable bonds is 6. The van der Waals surface area contributed by atoms with E-state index >= 15 is 0 Å². The number of hydrogen-bond acceptors (Lipinski definition) is 4.